The summed E-state index contributed by atoms with van der Waals surface area (Å²) in [7, 11) is 0. The van der Waals surface area contributed by atoms with Crippen LogP contribution in [-0.2, 0) is 10.4 Å². The summed E-state index contributed by atoms with van der Waals surface area (Å²) in [4.78, 5) is 15.8. The summed E-state index contributed by atoms with van der Waals surface area (Å²) in [6, 6.07) is 1.69. The van der Waals surface area contributed by atoms with Crippen molar-refractivity contribution in [1.29, 1.82) is 0 Å². The maximum Gasteiger partial charge on any atom is 0.261 e. The zero-order valence-electron chi connectivity index (χ0n) is 9.03. The van der Waals surface area contributed by atoms with Gasteiger partial charge < -0.3 is 10.4 Å². The predicted molar refractivity (Wildman–Crippen MR) is 56.2 cm³/mol. The highest BCUT2D eigenvalue weighted by atomic mass is 16.3. The van der Waals surface area contributed by atoms with Crippen LogP contribution in [0.3, 0.4) is 0 Å². The van der Waals surface area contributed by atoms with Gasteiger partial charge in [-0.3, -0.25) is 9.78 Å². The zero-order chi connectivity index (χ0) is 11.3. The third kappa shape index (κ3) is 1.18. The van der Waals surface area contributed by atoms with Crippen LogP contribution in [0.2, 0.25) is 0 Å². The molecule has 0 spiro atoms. The van der Waals surface area contributed by atoms with Crippen molar-refractivity contribution in [2.75, 3.05) is 5.32 Å². The maximum absolute atomic E-state index is 11.8. The van der Waals surface area contributed by atoms with Crippen LogP contribution in [0.4, 0.5) is 5.69 Å². The summed E-state index contributed by atoms with van der Waals surface area (Å²) in [5, 5.41) is 13.2. The Balaban J connectivity index is 2.65. The first-order valence-corrected chi connectivity index (χ1v) is 4.85. The van der Waals surface area contributed by atoms with Gasteiger partial charge in [-0.1, -0.05) is 20.8 Å². The molecule has 80 valence electrons. The lowest BCUT2D eigenvalue weighted by Crippen LogP contribution is -2.45. The van der Waals surface area contributed by atoms with Gasteiger partial charge in [0.15, 0.2) is 5.60 Å². The molecule has 0 saturated carbocycles. The second-order valence-corrected chi connectivity index (χ2v) is 4.84. The topological polar surface area (TPSA) is 62.2 Å². The molecule has 0 bridgehead atoms. The second-order valence-electron chi connectivity index (χ2n) is 4.84. The number of carbonyl (C=O) groups excluding carboxylic acids is 1. The Morgan fingerprint density at radius 2 is 2.13 bits per heavy atom. The summed E-state index contributed by atoms with van der Waals surface area (Å²) in [6.07, 6.45) is 3.13. The number of hydrogen-bond donors (Lipinski definition) is 2. The molecule has 1 aromatic rings. The van der Waals surface area contributed by atoms with E-state index in [0.717, 1.165) is 0 Å². The molecule has 4 nitrogen and oxygen atoms in total. The number of anilines is 1. The van der Waals surface area contributed by atoms with Gasteiger partial charge in [-0.15, -0.1) is 0 Å². The minimum atomic E-state index is -1.49. The number of amides is 1. The van der Waals surface area contributed by atoms with Crippen molar-refractivity contribution < 1.29 is 9.90 Å². The average Bonchev–Trinajstić information content (AvgIpc) is 2.40. The Hall–Kier alpha value is -1.42. The highest BCUT2D eigenvalue weighted by Gasteiger charge is 2.53. The van der Waals surface area contributed by atoms with Crippen LogP contribution in [0.15, 0.2) is 18.5 Å². The van der Waals surface area contributed by atoms with Gasteiger partial charge in [0.05, 0.1) is 5.69 Å². The second kappa shape index (κ2) is 2.79. The van der Waals surface area contributed by atoms with Crippen molar-refractivity contribution in [3.05, 3.63) is 24.0 Å². The van der Waals surface area contributed by atoms with Crippen molar-refractivity contribution in [3.8, 4) is 0 Å². The van der Waals surface area contributed by atoms with Gasteiger partial charge in [-0.25, -0.2) is 0 Å². The number of aliphatic hydroxyl groups is 1. The number of nitrogens with zero attached hydrogens (tertiary/aromatic N) is 1. The van der Waals surface area contributed by atoms with E-state index in [1.807, 2.05) is 20.8 Å². The van der Waals surface area contributed by atoms with Gasteiger partial charge in [-0.2, -0.15) is 0 Å². The number of nitrogens with one attached hydrogen (secondary N) is 1. The first-order valence-electron chi connectivity index (χ1n) is 4.85. The standard InChI is InChI=1S/C11H14N2O2/c1-10(2,3)11(15)7-6-12-5-4-8(7)13-9(11)14/h4-6,15H,1-3H3,(H,13,14). The van der Waals surface area contributed by atoms with E-state index >= 15 is 0 Å². The quantitative estimate of drug-likeness (QED) is 0.672. The van der Waals surface area contributed by atoms with Crippen LogP contribution in [0.5, 0.6) is 0 Å². The Bertz CT molecular complexity index is 423. The fraction of sp³-hybridized carbons (Fsp3) is 0.455. The molecule has 2 rings (SSSR count). The largest absolute Gasteiger partial charge is 0.375 e. The van der Waals surface area contributed by atoms with E-state index in [1.165, 1.54) is 0 Å². The van der Waals surface area contributed by atoms with Gasteiger partial charge in [0.25, 0.3) is 5.91 Å². The van der Waals surface area contributed by atoms with E-state index in [4.69, 9.17) is 0 Å². The van der Waals surface area contributed by atoms with Crippen LogP contribution in [0.1, 0.15) is 26.3 Å². The summed E-state index contributed by atoms with van der Waals surface area (Å²) in [5.74, 6) is -0.377. The molecule has 1 amide bonds. The molecular weight excluding hydrogens is 192 g/mol. The Morgan fingerprint density at radius 1 is 1.47 bits per heavy atom. The van der Waals surface area contributed by atoms with Crippen LogP contribution < -0.4 is 5.32 Å². The van der Waals surface area contributed by atoms with E-state index in [0.29, 0.717) is 11.3 Å². The van der Waals surface area contributed by atoms with Crippen molar-refractivity contribution in [3.63, 3.8) is 0 Å². The summed E-state index contributed by atoms with van der Waals surface area (Å²) < 4.78 is 0. The smallest absolute Gasteiger partial charge is 0.261 e. The number of hydrogen-bond acceptors (Lipinski definition) is 3. The summed E-state index contributed by atoms with van der Waals surface area (Å²) in [5.41, 5.74) is -0.850. The molecule has 15 heavy (non-hydrogen) atoms. The third-order valence-electron chi connectivity index (χ3n) is 2.87. The predicted octanol–water partition coefficient (Wildman–Crippen LogP) is 1.27. The lowest BCUT2D eigenvalue weighted by molar-refractivity contribution is -0.146. The van der Waals surface area contributed by atoms with Crippen molar-refractivity contribution in [2.24, 2.45) is 5.41 Å². The van der Waals surface area contributed by atoms with Gasteiger partial charge in [-0.05, 0) is 6.07 Å². The maximum atomic E-state index is 11.8. The Labute approximate surface area is 88.3 Å². The molecule has 0 aromatic carbocycles. The Morgan fingerprint density at radius 3 is 2.73 bits per heavy atom. The molecule has 2 heterocycles. The fourth-order valence-corrected chi connectivity index (χ4v) is 1.87. The third-order valence-corrected chi connectivity index (χ3v) is 2.87. The SMILES string of the molecule is CC(C)(C)C1(O)C(=O)Nc2ccncc21. The molecular formula is C11H14N2O2. The molecule has 1 aliphatic rings. The average molecular weight is 206 g/mol. The summed E-state index contributed by atoms with van der Waals surface area (Å²) >= 11 is 0. The van der Waals surface area contributed by atoms with Crippen LogP contribution >= 0.6 is 0 Å². The van der Waals surface area contributed by atoms with Gasteiger partial charge in [0.2, 0.25) is 0 Å². The lowest BCUT2D eigenvalue weighted by atomic mass is 9.73. The molecule has 0 radical (unpaired) electrons. The highest BCUT2D eigenvalue weighted by Crippen LogP contribution is 2.46. The van der Waals surface area contributed by atoms with Gasteiger partial charge in [0.1, 0.15) is 0 Å². The lowest BCUT2D eigenvalue weighted by Gasteiger charge is -2.34. The van der Waals surface area contributed by atoms with E-state index < -0.39 is 11.0 Å². The highest BCUT2D eigenvalue weighted by molar-refractivity contribution is 6.05. The molecule has 0 saturated heterocycles. The molecule has 1 unspecified atom stereocenters. The van der Waals surface area contributed by atoms with Crippen molar-refractivity contribution in [1.82, 2.24) is 4.98 Å². The van der Waals surface area contributed by atoms with Crippen LogP contribution in [0.25, 0.3) is 0 Å². The minimum absolute atomic E-state index is 0.377. The first-order chi connectivity index (χ1) is 6.87. The van der Waals surface area contributed by atoms with Crippen LogP contribution in [0, 0.1) is 5.41 Å². The van der Waals surface area contributed by atoms with E-state index in [1.54, 1.807) is 18.5 Å². The first kappa shape index (κ1) is 10.1. The number of carbonyl (C=O) groups is 1. The van der Waals surface area contributed by atoms with Gasteiger partial charge in [0, 0.05) is 23.4 Å². The monoisotopic (exact) mass is 206 g/mol. The van der Waals surface area contributed by atoms with Crippen molar-refractivity contribution in [2.45, 2.75) is 26.4 Å². The normalized spacial score (nSPS) is 24.9. The molecule has 1 aromatic heterocycles. The molecule has 1 atom stereocenters. The Kier molecular flexibility index (Phi) is 1.88. The number of aromatic nitrogens is 1. The number of rotatable bonds is 0. The molecule has 0 aliphatic carbocycles. The van der Waals surface area contributed by atoms with E-state index in [2.05, 4.69) is 10.3 Å². The van der Waals surface area contributed by atoms with E-state index in [-0.39, 0.29) is 5.91 Å². The molecule has 4 heteroatoms. The molecule has 2 N–H and O–H groups in total. The van der Waals surface area contributed by atoms with E-state index in [9.17, 15) is 9.90 Å². The fourth-order valence-electron chi connectivity index (χ4n) is 1.87. The summed E-state index contributed by atoms with van der Waals surface area (Å²) in [6.45, 7) is 5.48. The zero-order valence-corrected chi connectivity index (χ0v) is 9.03. The number of fused-ring (bicyclic) bond motifs is 1. The molecule has 1 aliphatic heterocycles. The molecule has 0 fully saturated rings. The van der Waals surface area contributed by atoms with Crippen LogP contribution in [-0.4, -0.2) is 16.0 Å². The van der Waals surface area contributed by atoms with Crippen molar-refractivity contribution >= 4 is 11.6 Å². The number of pyridine rings is 1. The minimum Gasteiger partial charge on any atom is -0.375 e. The van der Waals surface area contributed by atoms with Gasteiger partial charge >= 0.3 is 0 Å².